The Labute approximate surface area is 193 Å². The third kappa shape index (κ3) is 9.87. The Morgan fingerprint density at radius 1 is 0.906 bits per heavy atom. The number of unbranched alkanes of at least 4 members (excludes halogenated alkanes) is 3. The fourth-order valence-electron chi connectivity index (χ4n) is 2.81. The van der Waals surface area contributed by atoms with Gasteiger partial charge in [-0.1, -0.05) is 38.3 Å². The molecule has 0 unspecified atom stereocenters. The van der Waals surface area contributed by atoms with Gasteiger partial charge in [-0.05, 0) is 55.3 Å². The van der Waals surface area contributed by atoms with Crippen LogP contribution in [0.2, 0.25) is 0 Å². The lowest BCUT2D eigenvalue weighted by Crippen LogP contribution is -2.42. The second-order valence-electron chi connectivity index (χ2n) is 7.35. The van der Waals surface area contributed by atoms with E-state index in [1.807, 2.05) is 31.2 Å². The Balaban J connectivity index is 1.62. The maximum absolute atomic E-state index is 12.2. The minimum Gasteiger partial charge on any atom is -0.494 e. The Morgan fingerprint density at radius 3 is 2.38 bits per heavy atom. The minimum atomic E-state index is -0.421. The first-order chi connectivity index (χ1) is 15.5. The number of carbonyl (C=O) groups excluding carboxylic acids is 3. The minimum absolute atomic E-state index is 0.0479. The number of carbonyl (C=O) groups is 3. The molecule has 2 aromatic carbocycles. The number of hydrazine groups is 1. The Morgan fingerprint density at radius 2 is 1.66 bits per heavy atom. The van der Waals surface area contributed by atoms with Gasteiger partial charge < -0.3 is 10.1 Å². The van der Waals surface area contributed by atoms with Crippen LogP contribution in [0.4, 0.5) is 5.69 Å². The third-order valence-corrected chi connectivity index (χ3v) is 5.40. The zero-order valence-corrected chi connectivity index (χ0v) is 19.4. The van der Waals surface area contributed by atoms with Crippen molar-refractivity contribution in [2.24, 2.45) is 0 Å². The van der Waals surface area contributed by atoms with Gasteiger partial charge in [-0.3, -0.25) is 25.2 Å². The number of ether oxygens (including phenoxy) is 1. The average molecular weight is 458 g/mol. The van der Waals surface area contributed by atoms with E-state index in [9.17, 15) is 14.4 Å². The SMILES string of the molecule is CCCCCCOc1ccc(C(=O)NNC(=O)CSCC(=O)Nc2cccc(C)c2)cc1. The van der Waals surface area contributed by atoms with Crippen LogP contribution in [-0.2, 0) is 9.59 Å². The van der Waals surface area contributed by atoms with Gasteiger partial charge in [-0.15, -0.1) is 11.8 Å². The van der Waals surface area contributed by atoms with E-state index in [-0.39, 0.29) is 17.4 Å². The van der Waals surface area contributed by atoms with Gasteiger partial charge in [-0.2, -0.15) is 0 Å². The number of amides is 3. The lowest BCUT2D eigenvalue weighted by molar-refractivity contribution is -0.119. The van der Waals surface area contributed by atoms with Crippen molar-refractivity contribution in [1.29, 1.82) is 0 Å². The molecule has 0 aliphatic carbocycles. The van der Waals surface area contributed by atoms with E-state index in [0.717, 1.165) is 35.9 Å². The second-order valence-corrected chi connectivity index (χ2v) is 8.33. The van der Waals surface area contributed by atoms with Crippen LogP contribution < -0.4 is 20.9 Å². The van der Waals surface area contributed by atoms with Crippen LogP contribution in [0.1, 0.15) is 48.5 Å². The molecule has 0 saturated heterocycles. The number of hydrogen-bond acceptors (Lipinski definition) is 5. The first-order valence-electron chi connectivity index (χ1n) is 10.7. The second kappa shape index (κ2) is 14.1. The van der Waals surface area contributed by atoms with Crippen LogP contribution in [0.3, 0.4) is 0 Å². The summed E-state index contributed by atoms with van der Waals surface area (Å²) in [6.45, 7) is 4.77. The fourth-order valence-corrected chi connectivity index (χ4v) is 3.43. The Bertz CT molecular complexity index is 887. The summed E-state index contributed by atoms with van der Waals surface area (Å²) in [5.41, 5.74) is 6.92. The molecule has 0 heterocycles. The largest absolute Gasteiger partial charge is 0.494 e. The fraction of sp³-hybridized carbons (Fsp3) is 0.375. The van der Waals surface area contributed by atoms with Gasteiger partial charge in [0.05, 0.1) is 18.1 Å². The van der Waals surface area contributed by atoms with Crippen LogP contribution in [-0.4, -0.2) is 35.8 Å². The number of rotatable bonds is 12. The highest BCUT2D eigenvalue weighted by Gasteiger charge is 2.09. The molecule has 0 spiro atoms. The molecule has 0 aliphatic rings. The van der Waals surface area contributed by atoms with Crippen molar-refractivity contribution in [2.75, 3.05) is 23.4 Å². The summed E-state index contributed by atoms with van der Waals surface area (Å²) < 4.78 is 5.66. The molecule has 7 nitrogen and oxygen atoms in total. The molecule has 0 atom stereocenters. The predicted molar refractivity (Wildman–Crippen MR) is 129 cm³/mol. The number of nitrogens with one attached hydrogen (secondary N) is 3. The van der Waals surface area contributed by atoms with Crippen LogP contribution in [0, 0.1) is 6.92 Å². The molecule has 3 N–H and O–H groups in total. The van der Waals surface area contributed by atoms with Crippen molar-refractivity contribution in [3.63, 3.8) is 0 Å². The first kappa shape index (κ1) is 25.3. The highest BCUT2D eigenvalue weighted by Crippen LogP contribution is 2.13. The van der Waals surface area contributed by atoms with Crippen molar-refractivity contribution in [1.82, 2.24) is 10.9 Å². The number of benzene rings is 2. The van der Waals surface area contributed by atoms with Gasteiger partial charge in [0, 0.05) is 11.3 Å². The van der Waals surface area contributed by atoms with Crippen LogP contribution >= 0.6 is 11.8 Å². The molecule has 3 amide bonds. The zero-order valence-electron chi connectivity index (χ0n) is 18.6. The standard InChI is InChI=1S/C24H31N3O4S/c1-3-4-5-6-14-31-21-12-10-19(11-13-21)24(30)27-26-23(29)17-32-16-22(28)25-20-9-7-8-18(2)15-20/h7-13,15H,3-6,14,16-17H2,1-2H3,(H,25,28)(H,26,29)(H,27,30). The zero-order chi connectivity index (χ0) is 23.2. The van der Waals surface area contributed by atoms with Gasteiger partial charge in [0.25, 0.3) is 5.91 Å². The number of thioether (sulfide) groups is 1. The maximum atomic E-state index is 12.2. The third-order valence-electron chi connectivity index (χ3n) is 4.47. The van der Waals surface area contributed by atoms with Gasteiger partial charge in [0.15, 0.2) is 0 Å². The number of hydrogen-bond donors (Lipinski definition) is 3. The topological polar surface area (TPSA) is 96.5 Å². The van der Waals surface area contributed by atoms with E-state index >= 15 is 0 Å². The summed E-state index contributed by atoms with van der Waals surface area (Å²) in [6.07, 6.45) is 4.54. The van der Waals surface area contributed by atoms with E-state index < -0.39 is 11.8 Å². The van der Waals surface area contributed by atoms with Crippen LogP contribution in [0.15, 0.2) is 48.5 Å². The number of anilines is 1. The summed E-state index contributed by atoms with van der Waals surface area (Å²) >= 11 is 1.16. The molecule has 0 aliphatic heterocycles. The van der Waals surface area contributed by atoms with E-state index in [1.165, 1.54) is 12.8 Å². The highest BCUT2D eigenvalue weighted by atomic mass is 32.2. The van der Waals surface area contributed by atoms with Crippen molar-refractivity contribution in [2.45, 2.75) is 39.5 Å². The molecule has 0 bridgehead atoms. The van der Waals surface area contributed by atoms with E-state index in [1.54, 1.807) is 24.3 Å². The lowest BCUT2D eigenvalue weighted by Gasteiger charge is -2.09. The summed E-state index contributed by atoms with van der Waals surface area (Å²) in [5.74, 6) is -0.108. The van der Waals surface area contributed by atoms with Gasteiger partial charge in [0.2, 0.25) is 11.8 Å². The first-order valence-corrected chi connectivity index (χ1v) is 11.9. The molecule has 32 heavy (non-hydrogen) atoms. The predicted octanol–water partition coefficient (Wildman–Crippen LogP) is 4.09. The monoisotopic (exact) mass is 457 g/mol. The van der Waals surface area contributed by atoms with Gasteiger partial charge in [-0.25, -0.2) is 0 Å². The van der Waals surface area contributed by atoms with Crippen molar-refractivity contribution in [3.8, 4) is 5.75 Å². The summed E-state index contributed by atoms with van der Waals surface area (Å²) in [6, 6.07) is 14.3. The van der Waals surface area contributed by atoms with Crippen LogP contribution in [0.5, 0.6) is 5.75 Å². The van der Waals surface area contributed by atoms with E-state index in [4.69, 9.17) is 4.74 Å². The molecule has 2 aromatic rings. The lowest BCUT2D eigenvalue weighted by atomic mass is 10.2. The average Bonchev–Trinajstić information content (AvgIpc) is 2.78. The molecule has 8 heteroatoms. The Kier molecular flexibility index (Phi) is 11.2. The summed E-state index contributed by atoms with van der Waals surface area (Å²) in [5, 5.41) is 2.78. The number of aryl methyl sites for hydroxylation is 1. The molecule has 0 saturated carbocycles. The summed E-state index contributed by atoms with van der Waals surface area (Å²) in [7, 11) is 0. The molecular formula is C24H31N3O4S. The molecule has 172 valence electrons. The Hall–Kier alpha value is -3.00. The molecule has 0 aromatic heterocycles. The molecular weight excluding hydrogens is 426 g/mol. The van der Waals surface area contributed by atoms with Crippen molar-refractivity contribution < 1.29 is 19.1 Å². The van der Waals surface area contributed by atoms with Crippen molar-refractivity contribution in [3.05, 3.63) is 59.7 Å². The maximum Gasteiger partial charge on any atom is 0.269 e. The van der Waals surface area contributed by atoms with E-state index in [0.29, 0.717) is 17.9 Å². The van der Waals surface area contributed by atoms with Gasteiger partial charge >= 0.3 is 0 Å². The summed E-state index contributed by atoms with van der Waals surface area (Å²) in [4.78, 5) is 36.0. The molecule has 0 fully saturated rings. The smallest absolute Gasteiger partial charge is 0.269 e. The highest BCUT2D eigenvalue weighted by molar-refractivity contribution is 8.00. The molecule has 2 rings (SSSR count). The quantitative estimate of drug-likeness (QED) is 0.330. The van der Waals surface area contributed by atoms with Gasteiger partial charge in [0.1, 0.15) is 5.75 Å². The molecule has 0 radical (unpaired) electrons. The van der Waals surface area contributed by atoms with Crippen molar-refractivity contribution >= 4 is 35.2 Å². The van der Waals surface area contributed by atoms with E-state index in [2.05, 4.69) is 23.1 Å². The van der Waals surface area contributed by atoms with Crippen LogP contribution in [0.25, 0.3) is 0 Å². The normalized spacial score (nSPS) is 10.3.